The minimum atomic E-state index is -0.419. The van der Waals surface area contributed by atoms with Gasteiger partial charge in [-0.05, 0) is 25.1 Å². The fraction of sp³-hybridized carbons (Fsp3) is 0.0909. The predicted octanol–water partition coefficient (Wildman–Crippen LogP) is 3.24. The average molecular weight is 223 g/mol. The lowest BCUT2D eigenvalue weighted by atomic mass is 10.1. The van der Waals surface area contributed by atoms with Crippen molar-refractivity contribution in [2.75, 3.05) is 0 Å². The van der Waals surface area contributed by atoms with Gasteiger partial charge in [-0.2, -0.15) is 0 Å². The first-order valence-corrected chi connectivity index (χ1v) is 4.79. The fourth-order valence-electron chi connectivity index (χ4n) is 1.30. The standard InChI is InChI=1S/C11H8ClFN2/c1-7-3-2-4-10(15-7)8-5-11(12)14-6-9(8)13/h2-6H,1H3. The molecular formula is C11H8ClFN2. The number of hydrogen-bond donors (Lipinski definition) is 0. The van der Waals surface area contributed by atoms with Crippen LogP contribution in [0.3, 0.4) is 0 Å². The van der Waals surface area contributed by atoms with Gasteiger partial charge >= 0.3 is 0 Å². The van der Waals surface area contributed by atoms with Crippen LogP contribution < -0.4 is 0 Å². The van der Waals surface area contributed by atoms with Crippen molar-refractivity contribution in [3.05, 3.63) is 47.1 Å². The fourth-order valence-corrected chi connectivity index (χ4v) is 1.46. The number of nitrogens with zero attached hydrogens (tertiary/aromatic N) is 2. The minimum Gasteiger partial charge on any atom is -0.253 e. The summed E-state index contributed by atoms with van der Waals surface area (Å²) in [4.78, 5) is 7.87. The SMILES string of the molecule is Cc1cccc(-c2cc(Cl)ncc2F)n1. The molecule has 2 aromatic rings. The average Bonchev–Trinajstić information content (AvgIpc) is 2.22. The molecule has 76 valence electrons. The van der Waals surface area contributed by atoms with Crippen molar-refractivity contribution in [1.82, 2.24) is 9.97 Å². The molecule has 0 radical (unpaired) electrons. The molecular weight excluding hydrogens is 215 g/mol. The maximum absolute atomic E-state index is 13.4. The van der Waals surface area contributed by atoms with Gasteiger partial charge in [0, 0.05) is 11.3 Å². The summed E-state index contributed by atoms with van der Waals surface area (Å²) in [5.74, 6) is -0.419. The molecule has 0 aromatic carbocycles. The number of aryl methyl sites for hydroxylation is 1. The summed E-state index contributed by atoms with van der Waals surface area (Å²) >= 11 is 5.70. The molecule has 0 aliphatic rings. The second-order valence-electron chi connectivity index (χ2n) is 3.15. The monoisotopic (exact) mass is 222 g/mol. The van der Waals surface area contributed by atoms with Gasteiger partial charge in [0.15, 0.2) is 5.82 Å². The molecule has 0 saturated carbocycles. The first kappa shape index (κ1) is 10.1. The van der Waals surface area contributed by atoms with Crippen molar-refractivity contribution >= 4 is 11.6 Å². The first-order valence-electron chi connectivity index (χ1n) is 4.42. The zero-order valence-corrected chi connectivity index (χ0v) is 8.79. The lowest BCUT2D eigenvalue weighted by Gasteiger charge is -2.03. The summed E-state index contributed by atoms with van der Waals surface area (Å²) in [5.41, 5.74) is 1.77. The van der Waals surface area contributed by atoms with Gasteiger partial charge in [0.25, 0.3) is 0 Å². The molecule has 15 heavy (non-hydrogen) atoms. The molecule has 0 bridgehead atoms. The van der Waals surface area contributed by atoms with Crippen molar-refractivity contribution in [2.45, 2.75) is 6.92 Å². The lowest BCUT2D eigenvalue weighted by molar-refractivity contribution is 0.624. The number of halogens is 2. The van der Waals surface area contributed by atoms with E-state index in [1.165, 1.54) is 6.07 Å². The topological polar surface area (TPSA) is 25.8 Å². The van der Waals surface area contributed by atoms with E-state index in [0.29, 0.717) is 11.3 Å². The van der Waals surface area contributed by atoms with E-state index in [1.54, 1.807) is 6.07 Å². The van der Waals surface area contributed by atoms with Gasteiger partial charge in [-0.25, -0.2) is 9.37 Å². The van der Waals surface area contributed by atoms with E-state index in [4.69, 9.17) is 11.6 Å². The molecule has 2 nitrogen and oxygen atoms in total. The van der Waals surface area contributed by atoms with E-state index in [1.807, 2.05) is 19.1 Å². The number of hydrogen-bond acceptors (Lipinski definition) is 2. The lowest BCUT2D eigenvalue weighted by Crippen LogP contribution is -1.91. The molecule has 2 aromatic heterocycles. The highest BCUT2D eigenvalue weighted by molar-refractivity contribution is 6.29. The smallest absolute Gasteiger partial charge is 0.150 e. The highest BCUT2D eigenvalue weighted by Gasteiger charge is 2.07. The van der Waals surface area contributed by atoms with Crippen LogP contribution >= 0.6 is 11.6 Å². The van der Waals surface area contributed by atoms with E-state index < -0.39 is 5.82 Å². The number of aromatic nitrogens is 2. The first-order chi connectivity index (χ1) is 7.16. The third kappa shape index (κ3) is 2.13. The molecule has 0 amide bonds. The van der Waals surface area contributed by atoms with Gasteiger partial charge in [-0.15, -0.1) is 0 Å². The summed E-state index contributed by atoms with van der Waals surface area (Å²) in [6.07, 6.45) is 1.10. The van der Waals surface area contributed by atoms with E-state index in [9.17, 15) is 4.39 Å². The second kappa shape index (κ2) is 3.95. The number of rotatable bonds is 1. The van der Waals surface area contributed by atoms with E-state index in [-0.39, 0.29) is 5.15 Å². The van der Waals surface area contributed by atoms with Crippen LogP contribution in [-0.2, 0) is 0 Å². The Labute approximate surface area is 91.8 Å². The molecule has 0 aliphatic heterocycles. The summed E-state index contributed by atoms with van der Waals surface area (Å²) in [7, 11) is 0. The normalized spacial score (nSPS) is 10.3. The molecule has 0 fully saturated rings. The quantitative estimate of drug-likeness (QED) is 0.693. The van der Waals surface area contributed by atoms with Crippen LogP contribution in [0.5, 0.6) is 0 Å². The van der Waals surface area contributed by atoms with Crippen molar-refractivity contribution in [3.63, 3.8) is 0 Å². The van der Waals surface area contributed by atoms with Crippen LogP contribution in [-0.4, -0.2) is 9.97 Å². The highest BCUT2D eigenvalue weighted by Crippen LogP contribution is 2.22. The summed E-state index contributed by atoms with van der Waals surface area (Å²) in [6.45, 7) is 1.85. The molecule has 0 saturated heterocycles. The molecule has 0 spiro atoms. The van der Waals surface area contributed by atoms with Gasteiger partial charge in [0.1, 0.15) is 5.15 Å². The van der Waals surface area contributed by atoms with Crippen molar-refractivity contribution in [2.24, 2.45) is 0 Å². The third-order valence-corrected chi connectivity index (χ3v) is 2.19. The van der Waals surface area contributed by atoms with Gasteiger partial charge < -0.3 is 0 Å². The number of pyridine rings is 2. The van der Waals surface area contributed by atoms with Crippen LogP contribution in [0, 0.1) is 12.7 Å². The summed E-state index contributed by atoms with van der Waals surface area (Å²) in [5, 5.41) is 0.259. The Balaban J connectivity index is 2.58. The Morgan fingerprint density at radius 3 is 2.87 bits per heavy atom. The van der Waals surface area contributed by atoms with Crippen molar-refractivity contribution in [3.8, 4) is 11.3 Å². The summed E-state index contributed by atoms with van der Waals surface area (Å²) < 4.78 is 13.4. The Morgan fingerprint density at radius 1 is 1.33 bits per heavy atom. The largest absolute Gasteiger partial charge is 0.253 e. The minimum absolute atomic E-state index is 0.259. The van der Waals surface area contributed by atoms with E-state index in [0.717, 1.165) is 11.9 Å². The molecule has 0 N–H and O–H groups in total. The zero-order valence-electron chi connectivity index (χ0n) is 8.04. The molecule has 0 aliphatic carbocycles. The second-order valence-corrected chi connectivity index (χ2v) is 3.54. The van der Waals surface area contributed by atoms with Gasteiger partial charge in [-0.1, -0.05) is 17.7 Å². The molecule has 0 atom stereocenters. The van der Waals surface area contributed by atoms with Crippen LogP contribution in [0.4, 0.5) is 4.39 Å². The van der Waals surface area contributed by atoms with Crippen molar-refractivity contribution in [1.29, 1.82) is 0 Å². The van der Waals surface area contributed by atoms with Crippen LogP contribution in [0.1, 0.15) is 5.69 Å². The van der Waals surface area contributed by atoms with E-state index >= 15 is 0 Å². The molecule has 4 heteroatoms. The van der Waals surface area contributed by atoms with Crippen LogP contribution in [0.15, 0.2) is 30.5 Å². The van der Waals surface area contributed by atoms with Crippen molar-refractivity contribution < 1.29 is 4.39 Å². The molecule has 0 unspecified atom stereocenters. The highest BCUT2D eigenvalue weighted by atomic mass is 35.5. The van der Waals surface area contributed by atoms with Crippen LogP contribution in [0.25, 0.3) is 11.3 Å². The summed E-state index contributed by atoms with van der Waals surface area (Å²) in [6, 6.07) is 6.88. The van der Waals surface area contributed by atoms with Crippen LogP contribution in [0.2, 0.25) is 5.15 Å². The maximum Gasteiger partial charge on any atom is 0.150 e. The zero-order chi connectivity index (χ0) is 10.8. The maximum atomic E-state index is 13.4. The Morgan fingerprint density at radius 2 is 2.13 bits per heavy atom. The molecule has 2 rings (SSSR count). The predicted molar refractivity (Wildman–Crippen MR) is 57.2 cm³/mol. The Hall–Kier alpha value is -1.48. The molecule has 2 heterocycles. The van der Waals surface area contributed by atoms with Gasteiger partial charge in [-0.3, -0.25) is 4.98 Å². The van der Waals surface area contributed by atoms with Gasteiger partial charge in [0.2, 0.25) is 0 Å². The Kier molecular flexibility index (Phi) is 2.64. The third-order valence-electron chi connectivity index (χ3n) is 1.99. The van der Waals surface area contributed by atoms with Gasteiger partial charge in [0.05, 0.1) is 11.9 Å². The van der Waals surface area contributed by atoms with E-state index in [2.05, 4.69) is 9.97 Å². The Bertz CT molecular complexity index is 500.